The molecule has 3 heterocycles. The Bertz CT molecular complexity index is 1050. The van der Waals surface area contributed by atoms with Crippen LogP contribution in [-0.2, 0) is 14.7 Å². The number of piperidine rings is 1. The SMILES string of the molecule is Cc1nc([SH](C)(=O)C2CC2)ccc1Nc1cc(OC2CCN(C(=O)OC(C)C)CC2)ncn1. The van der Waals surface area contributed by atoms with Crippen molar-refractivity contribution in [3.8, 4) is 5.88 Å². The smallest absolute Gasteiger partial charge is 0.410 e. The second-order valence-electron chi connectivity index (χ2n) is 9.13. The number of nitrogens with zero attached hydrogens (tertiary/aromatic N) is 4. The van der Waals surface area contributed by atoms with E-state index in [4.69, 9.17) is 9.47 Å². The summed E-state index contributed by atoms with van der Waals surface area (Å²) >= 11 is 0. The second-order valence-corrected chi connectivity index (χ2v) is 12.3. The maximum absolute atomic E-state index is 13.0. The fourth-order valence-corrected chi connectivity index (χ4v) is 6.12. The molecule has 2 aromatic rings. The monoisotopic (exact) mass is 475 g/mol. The first-order valence-corrected chi connectivity index (χ1v) is 13.7. The highest BCUT2D eigenvalue weighted by Crippen LogP contribution is 2.37. The third-order valence-electron chi connectivity index (χ3n) is 6.00. The van der Waals surface area contributed by atoms with Crippen molar-refractivity contribution in [3.05, 3.63) is 30.2 Å². The predicted octanol–water partition coefficient (Wildman–Crippen LogP) is 3.48. The van der Waals surface area contributed by atoms with Crippen molar-refractivity contribution >= 4 is 27.5 Å². The first-order chi connectivity index (χ1) is 15.7. The van der Waals surface area contributed by atoms with Gasteiger partial charge in [-0.15, -0.1) is 0 Å². The summed E-state index contributed by atoms with van der Waals surface area (Å²) < 4.78 is 24.3. The number of amides is 1. The average Bonchev–Trinajstić information content (AvgIpc) is 3.61. The van der Waals surface area contributed by atoms with Gasteiger partial charge in [-0.2, -0.15) is 0 Å². The van der Waals surface area contributed by atoms with E-state index < -0.39 is 9.93 Å². The van der Waals surface area contributed by atoms with Crippen LogP contribution in [0.1, 0.15) is 45.2 Å². The van der Waals surface area contributed by atoms with Crippen LogP contribution >= 0.6 is 0 Å². The summed E-state index contributed by atoms with van der Waals surface area (Å²) in [7, 11) is -2.40. The van der Waals surface area contributed by atoms with E-state index in [0.29, 0.717) is 42.7 Å². The highest BCUT2D eigenvalue weighted by molar-refractivity contribution is 8.03. The minimum atomic E-state index is -2.40. The van der Waals surface area contributed by atoms with Crippen LogP contribution in [0.15, 0.2) is 29.6 Å². The van der Waals surface area contributed by atoms with Gasteiger partial charge in [0.25, 0.3) is 0 Å². The van der Waals surface area contributed by atoms with Crippen molar-refractivity contribution < 1.29 is 18.5 Å². The van der Waals surface area contributed by atoms with E-state index in [2.05, 4.69) is 20.3 Å². The third-order valence-corrected chi connectivity index (χ3v) is 9.07. The number of aryl methyl sites for hydroxylation is 1. The van der Waals surface area contributed by atoms with Crippen molar-refractivity contribution in [1.82, 2.24) is 19.9 Å². The van der Waals surface area contributed by atoms with Gasteiger partial charge in [0.1, 0.15) is 23.3 Å². The number of hydrogen-bond acceptors (Lipinski definition) is 8. The molecular weight excluding hydrogens is 442 g/mol. The molecule has 10 heteroatoms. The molecule has 1 N–H and O–H groups in total. The van der Waals surface area contributed by atoms with E-state index >= 15 is 0 Å². The van der Waals surface area contributed by atoms with Crippen molar-refractivity contribution in [2.45, 2.75) is 68.9 Å². The van der Waals surface area contributed by atoms with Crippen LogP contribution in [0.2, 0.25) is 0 Å². The molecule has 2 aliphatic rings. The lowest BCUT2D eigenvalue weighted by atomic mass is 10.1. The van der Waals surface area contributed by atoms with Crippen LogP contribution in [0.25, 0.3) is 0 Å². The van der Waals surface area contributed by atoms with Gasteiger partial charge in [0, 0.05) is 37.2 Å². The Morgan fingerprint density at radius 1 is 1.18 bits per heavy atom. The molecular formula is C23H33N5O4S. The molecule has 180 valence electrons. The van der Waals surface area contributed by atoms with Crippen LogP contribution in [0, 0.1) is 6.92 Å². The molecule has 0 aromatic carbocycles. The molecule has 33 heavy (non-hydrogen) atoms. The molecule has 1 aliphatic carbocycles. The molecule has 0 unspecified atom stereocenters. The second kappa shape index (κ2) is 9.62. The molecule has 1 aliphatic heterocycles. The number of carbonyl (C=O) groups excluding carboxylic acids is 1. The molecule has 1 amide bonds. The van der Waals surface area contributed by atoms with Gasteiger partial charge in [-0.25, -0.2) is 19.7 Å². The van der Waals surface area contributed by atoms with Crippen molar-refractivity contribution in [2.24, 2.45) is 0 Å². The summed E-state index contributed by atoms with van der Waals surface area (Å²) in [6.07, 6.45) is 6.34. The Hall–Kier alpha value is -2.75. The molecule has 1 saturated heterocycles. The summed E-state index contributed by atoms with van der Waals surface area (Å²) in [6, 6.07) is 5.51. The number of pyridine rings is 1. The molecule has 0 spiro atoms. The van der Waals surface area contributed by atoms with Crippen LogP contribution < -0.4 is 10.1 Å². The van der Waals surface area contributed by atoms with Crippen molar-refractivity contribution in [3.63, 3.8) is 0 Å². The minimum absolute atomic E-state index is 0.0281. The van der Waals surface area contributed by atoms with Crippen LogP contribution in [0.3, 0.4) is 0 Å². The highest BCUT2D eigenvalue weighted by Gasteiger charge is 2.35. The number of ether oxygens (including phenoxy) is 2. The van der Waals surface area contributed by atoms with Crippen LogP contribution in [0.5, 0.6) is 5.88 Å². The Balaban J connectivity index is 1.35. The van der Waals surface area contributed by atoms with E-state index in [1.165, 1.54) is 6.33 Å². The molecule has 0 radical (unpaired) electrons. The van der Waals surface area contributed by atoms with Gasteiger partial charge < -0.3 is 19.7 Å². The van der Waals surface area contributed by atoms with Gasteiger partial charge in [-0.05, 0) is 52.0 Å². The maximum atomic E-state index is 13.0. The number of hydrogen-bond donors (Lipinski definition) is 2. The Kier molecular flexibility index (Phi) is 6.83. The van der Waals surface area contributed by atoms with E-state index in [9.17, 15) is 9.00 Å². The van der Waals surface area contributed by atoms with Gasteiger partial charge in [0.15, 0.2) is 0 Å². The Morgan fingerprint density at radius 3 is 2.55 bits per heavy atom. The quantitative estimate of drug-likeness (QED) is 0.586. The molecule has 0 atom stereocenters. The zero-order valence-electron chi connectivity index (χ0n) is 19.7. The molecule has 1 saturated carbocycles. The molecule has 4 rings (SSSR count). The van der Waals surface area contributed by atoms with Gasteiger partial charge >= 0.3 is 6.09 Å². The Morgan fingerprint density at radius 2 is 1.91 bits per heavy atom. The maximum Gasteiger partial charge on any atom is 0.410 e. The van der Waals surface area contributed by atoms with Gasteiger partial charge in [-0.1, -0.05) is 9.93 Å². The summed E-state index contributed by atoms with van der Waals surface area (Å²) in [4.78, 5) is 26.9. The minimum Gasteiger partial charge on any atom is -0.474 e. The molecule has 2 fully saturated rings. The fraction of sp³-hybridized carbons (Fsp3) is 0.565. The summed E-state index contributed by atoms with van der Waals surface area (Å²) in [5.74, 6) is 1.07. The molecule has 0 bridgehead atoms. The number of carbonyl (C=O) groups is 1. The van der Waals surface area contributed by atoms with Crippen molar-refractivity contribution in [2.75, 3.05) is 24.7 Å². The van der Waals surface area contributed by atoms with Crippen LogP contribution in [-0.4, -0.2) is 67.0 Å². The molecule has 9 nitrogen and oxygen atoms in total. The van der Waals surface area contributed by atoms with Crippen LogP contribution in [0.4, 0.5) is 16.3 Å². The standard InChI is InChI=1S/C23H33N5O4S/c1-15(2)31-23(29)28-11-9-17(10-12-28)32-21-13-20(24-14-25-21)27-19-7-8-22(26-16(19)3)33(4,30)18-5-6-18/h7-8,13-15,17-18,33H,5-6,9-12H2,1-4H3,(H,24,25,27). The highest BCUT2D eigenvalue weighted by atomic mass is 32.2. The number of nitrogens with one attached hydrogen (secondary N) is 1. The van der Waals surface area contributed by atoms with E-state index in [1.807, 2.05) is 39.2 Å². The zero-order valence-corrected chi connectivity index (χ0v) is 20.5. The van der Waals surface area contributed by atoms with E-state index in [-0.39, 0.29) is 23.6 Å². The number of likely N-dealkylation sites (tertiary alicyclic amines) is 1. The average molecular weight is 476 g/mol. The number of thiol groups is 1. The first-order valence-electron chi connectivity index (χ1n) is 11.5. The lowest BCUT2D eigenvalue weighted by Gasteiger charge is -2.31. The van der Waals surface area contributed by atoms with E-state index in [1.54, 1.807) is 11.0 Å². The number of rotatable bonds is 7. The summed E-state index contributed by atoms with van der Waals surface area (Å²) in [5.41, 5.74) is 1.58. The number of aromatic nitrogens is 3. The summed E-state index contributed by atoms with van der Waals surface area (Å²) in [6.45, 7) is 6.76. The van der Waals surface area contributed by atoms with Gasteiger partial charge in [0.05, 0.1) is 17.5 Å². The Labute approximate surface area is 195 Å². The fourth-order valence-electron chi connectivity index (χ4n) is 3.89. The third kappa shape index (κ3) is 5.79. The largest absolute Gasteiger partial charge is 0.474 e. The van der Waals surface area contributed by atoms with Gasteiger partial charge in [-0.3, -0.25) is 4.21 Å². The predicted molar refractivity (Wildman–Crippen MR) is 128 cm³/mol. The van der Waals surface area contributed by atoms with Crippen molar-refractivity contribution in [1.29, 1.82) is 0 Å². The summed E-state index contributed by atoms with van der Waals surface area (Å²) in [5, 5.41) is 4.25. The number of anilines is 2. The van der Waals surface area contributed by atoms with E-state index in [0.717, 1.165) is 24.2 Å². The first kappa shape index (κ1) is 23.4. The van der Waals surface area contributed by atoms with Gasteiger partial charge in [0.2, 0.25) is 5.88 Å². The lowest BCUT2D eigenvalue weighted by Crippen LogP contribution is -2.42. The normalized spacial score (nSPS) is 17.7. The zero-order chi connectivity index (χ0) is 23.6. The topological polar surface area (TPSA) is 107 Å². The molecule has 2 aromatic heterocycles. The lowest BCUT2D eigenvalue weighted by molar-refractivity contribution is 0.0507.